The van der Waals surface area contributed by atoms with E-state index < -0.39 is 11.1 Å². The van der Waals surface area contributed by atoms with E-state index in [1.165, 1.54) is 0 Å². The van der Waals surface area contributed by atoms with Crippen molar-refractivity contribution in [1.82, 2.24) is 4.98 Å². The summed E-state index contributed by atoms with van der Waals surface area (Å²) in [7, 11) is 0. The molecular formula is C14H19FN4O3. The Kier molecular flexibility index (Phi) is 4.10. The van der Waals surface area contributed by atoms with E-state index in [-0.39, 0.29) is 18.1 Å². The lowest BCUT2D eigenvalue weighted by Gasteiger charge is -2.29. The van der Waals surface area contributed by atoms with Gasteiger partial charge in [-0.25, -0.2) is 9.37 Å². The van der Waals surface area contributed by atoms with Crippen LogP contribution in [0.2, 0.25) is 0 Å². The number of hydrogen-bond acceptors (Lipinski definition) is 6. The van der Waals surface area contributed by atoms with Crippen molar-refractivity contribution in [1.29, 1.82) is 0 Å². The van der Waals surface area contributed by atoms with Crippen LogP contribution in [0.1, 0.15) is 12.0 Å². The first-order valence-electron chi connectivity index (χ1n) is 7.44. The average Bonchev–Trinajstić information content (AvgIpc) is 2.93. The molecule has 0 bridgehead atoms. The third-order valence-corrected chi connectivity index (χ3v) is 4.10. The summed E-state index contributed by atoms with van der Waals surface area (Å²) < 4.78 is 18.8. The molecule has 0 aromatic carbocycles. The summed E-state index contributed by atoms with van der Waals surface area (Å²) in [6.07, 6.45) is -0.562. The van der Waals surface area contributed by atoms with Crippen LogP contribution in [-0.2, 0) is 4.74 Å². The minimum atomic E-state index is -0.950. The van der Waals surface area contributed by atoms with E-state index in [0.29, 0.717) is 50.7 Å². The molecule has 3 rings (SSSR count). The first-order chi connectivity index (χ1) is 10.6. The highest BCUT2D eigenvalue weighted by Crippen LogP contribution is 2.35. The molecule has 2 aliphatic heterocycles. The molecule has 0 aliphatic carbocycles. The van der Waals surface area contributed by atoms with Gasteiger partial charge in [0.15, 0.2) is 0 Å². The van der Waals surface area contributed by atoms with Crippen molar-refractivity contribution in [3.8, 4) is 0 Å². The molecule has 120 valence electrons. The van der Waals surface area contributed by atoms with Crippen molar-refractivity contribution in [2.75, 3.05) is 49.2 Å². The zero-order valence-electron chi connectivity index (χ0n) is 12.5. The van der Waals surface area contributed by atoms with Gasteiger partial charge in [0, 0.05) is 25.2 Å². The van der Waals surface area contributed by atoms with Gasteiger partial charge in [0.25, 0.3) is 0 Å². The van der Waals surface area contributed by atoms with Crippen LogP contribution in [0.4, 0.5) is 21.7 Å². The smallest absolute Gasteiger partial charge is 0.314 e. The van der Waals surface area contributed by atoms with Gasteiger partial charge in [-0.15, -0.1) is 0 Å². The summed E-state index contributed by atoms with van der Waals surface area (Å²) >= 11 is 0. The number of morpholine rings is 1. The van der Waals surface area contributed by atoms with Crippen molar-refractivity contribution in [3.05, 3.63) is 21.7 Å². The second-order valence-electron chi connectivity index (χ2n) is 5.66. The van der Waals surface area contributed by atoms with Crippen LogP contribution >= 0.6 is 0 Å². The molecule has 2 fully saturated rings. The lowest BCUT2D eigenvalue weighted by molar-refractivity contribution is -0.384. The first-order valence-corrected chi connectivity index (χ1v) is 7.44. The molecule has 1 atom stereocenters. The molecule has 3 heterocycles. The Morgan fingerprint density at radius 1 is 1.36 bits per heavy atom. The summed E-state index contributed by atoms with van der Waals surface area (Å²) in [5.41, 5.74) is 0.532. The van der Waals surface area contributed by atoms with Gasteiger partial charge in [0.2, 0.25) is 5.82 Å². The summed E-state index contributed by atoms with van der Waals surface area (Å²) in [5, 5.41) is 11.4. The predicted molar refractivity (Wildman–Crippen MR) is 80.4 cm³/mol. The number of alkyl halides is 1. The Morgan fingerprint density at radius 2 is 2.09 bits per heavy atom. The second-order valence-corrected chi connectivity index (χ2v) is 5.66. The lowest BCUT2D eigenvalue weighted by atomic mass is 10.2. The standard InChI is InChI=1S/C14H19FN4O3/c1-10-8-12(17-4-6-22-7-5-17)16-14(13(10)19(20)21)18-3-2-11(15)9-18/h8,11H,2-7,9H2,1H3/t11-/m1/s1. The van der Waals surface area contributed by atoms with E-state index in [1.54, 1.807) is 17.9 Å². The van der Waals surface area contributed by atoms with Gasteiger partial charge in [-0.05, 0) is 19.4 Å². The minimum Gasteiger partial charge on any atom is -0.378 e. The Hall–Kier alpha value is -1.96. The molecule has 22 heavy (non-hydrogen) atoms. The monoisotopic (exact) mass is 310 g/mol. The number of rotatable bonds is 3. The molecule has 0 N–H and O–H groups in total. The number of aryl methyl sites for hydroxylation is 1. The van der Waals surface area contributed by atoms with Crippen LogP contribution in [0, 0.1) is 17.0 Å². The molecule has 2 aliphatic rings. The Morgan fingerprint density at radius 3 is 2.68 bits per heavy atom. The van der Waals surface area contributed by atoms with Crippen LogP contribution in [0.15, 0.2) is 6.07 Å². The fraction of sp³-hybridized carbons (Fsp3) is 0.643. The number of hydrogen-bond donors (Lipinski definition) is 0. The van der Waals surface area contributed by atoms with Gasteiger partial charge >= 0.3 is 5.69 Å². The molecular weight excluding hydrogens is 291 g/mol. The number of nitrogens with zero attached hydrogens (tertiary/aromatic N) is 4. The summed E-state index contributed by atoms with van der Waals surface area (Å²) in [6.45, 7) is 4.97. The van der Waals surface area contributed by atoms with E-state index in [9.17, 15) is 14.5 Å². The van der Waals surface area contributed by atoms with Gasteiger partial charge in [0.05, 0.1) is 24.7 Å². The third kappa shape index (κ3) is 2.83. The minimum absolute atomic E-state index is 0.0221. The molecule has 0 saturated carbocycles. The molecule has 1 aromatic heterocycles. The van der Waals surface area contributed by atoms with E-state index in [2.05, 4.69) is 4.98 Å². The summed E-state index contributed by atoms with van der Waals surface area (Å²) in [4.78, 5) is 19.2. The highest BCUT2D eigenvalue weighted by molar-refractivity contribution is 5.67. The van der Waals surface area contributed by atoms with Gasteiger partial charge in [-0.1, -0.05) is 0 Å². The number of nitro groups is 1. The fourth-order valence-corrected chi connectivity index (χ4v) is 2.94. The normalized spacial score (nSPS) is 22.2. The van der Waals surface area contributed by atoms with Crippen molar-refractivity contribution < 1.29 is 14.1 Å². The van der Waals surface area contributed by atoms with E-state index >= 15 is 0 Å². The summed E-state index contributed by atoms with van der Waals surface area (Å²) in [6, 6.07) is 1.73. The number of aromatic nitrogens is 1. The topological polar surface area (TPSA) is 71.7 Å². The molecule has 0 spiro atoms. The SMILES string of the molecule is Cc1cc(N2CCOCC2)nc(N2CC[C@@H](F)C2)c1[N+](=O)[O-]. The van der Waals surface area contributed by atoms with Crippen LogP contribution < -0.4 is 9.80 Å². The van der Waals surface area contributed by atoms with Crippen molar-refractivity contribution in [2.24, 2.45) is 0 Å². The zero-order valence-corrected chi connectivity index (χ0v) is 12.5. The second kappa shape index (κ2) is 6.04. The first kappa shape index (κ1) is 15.0. The molecule has 1 aromatic rings. The highest BCUT2D eigenvalue weighted by atomic mass is 19.1. The van der Waals surface area contributed by atoms with Crippen molar-refractivity contribution in [2.45, 2.75) is 19.5 Å². The molecule has 0 unspecified atom stereocenters. The number of halogens is 1. The Labute approximate surface area is 127 Å². The fourth-order valence-electron chi connectivity index (χ4n) is 2.94. The molecule has 0 amide bonds. The van der Waals surface area contributed by atoms with E-state index in [0.717, 1.165) is 0 Å². The zero-order chi connectivity index (χ0) is 15.7. The van der Waals surface area contributed by atoms with E-state index in [4.69, 9.17) is 4.74 Å². The van der Waals surface area contributed by atoms with Crippen molar-refractivity contribution >= 4 is 17.3 Å². The molecule has 2 saturated heterocycles. The molecule has 0 radical (unpaired) electrons. The van der Waals surface area contributed by atoms with Gasteiger partial charge in [-0.3, -0.25) is 10.1 Å². The van der Waals surface area contributed by atoms with Crippen LogP contribution in [-0.4, -0.2) is 55.5 Å². The molecule has 7 nitrogen and oxygen atoms in total. The number of ether oxygens (including phenoxy) is 1. The summed E-state index contributed by atoms with van der Waals surface area (Å²) in [5.74, 6) is 0.982. The van der Waals surface area contributed by atoms with Crippen LogP contribution in [0.25, 0.3) is 0 Å². The highest BCUT2D eigenvalue weighted by Gasteiger charge is 2.31. The average molecular weight is 310 g/mol. The van der Waals surface area contributed by atoms with Crippen LogP contribution in [0.5, 0.6) is 0 Å². The predicted octanol–water partition coefficient (Wildman–Crippen LogP) is 1.68. The maximum atomic E-state index is 13.5. The number of anilines is 2. The number of pyridine rings is 1. The van der Waals surface area contributed by atoms with Gasteiger partial charge < -0.3 is 14.5 Å². The van der Waals surface area contributed by atoms with Crippen molar-refractivity contribution in [3.63, 3.8) is 0 Å². The third-order valence-electron chi connectivity index (χ3n) is 4.10. The van der Waals surface area contributed by atoms with Gasteiger partial charge in [-0.2, -0.15) is 0 Å². The largest absolute Gasteiger partial charge is 0.378 e. The molecule has 8 heteroatoms. The maximum absolute atomic E-state index is 13.5. The Bertz CT molecular complexity index is 577. The maximum Gasteiger partial charge on any atom is 0.314 e. The lowest BCUT2D eigenvalue weighted by Crippen LogP contribution is -2.37. The van der Waals surface area contributed by atoms with Gasteiger partial charge in [0.1, 0.15) is 12.0 Å². The quantitative estimate of drug-likeness (QED) is 0.625. The van der Waals surface area contributed by atoms with E-state index in [1.807, 2.05) is 4.90 Å². The Balaban J connectivity index is 2.00. The van der Waals surface area contributed by atoms with Crippen LogP contribution in [0.3, 0.4) is 0 Å².